The highest BCUT2D eigenvalue weighted by Gasteiger charge is 2.16. The van der Waals surface area contributed by atoms with Crippen molar-refractivity contribution >= 4 is 0 Å². The van der Waals surface area contributed by atoms with Crippen LogP contribution in [0.2, 0.25) is 0 Å². The summed E-state index contributed by atoms with van der Waals surface area (Å²) in [5.74, 6) is 0. The second-order valence-electron chi connectivity index (χ2n) is 5.06. The first kappa shape index (κ1) is 13.8. The molecule has 0 aliphatic rings. The Balaban J connectivity index is 2.14. The monoisotopic (exact) mass is 257 g/mol. The van der Waals surface area contributed by atoms with Crippen molar-refractivity contribution in [2.45, 2.75) is 46.2 Å². The minimum atomic E-state index is 0.102. The van der Waals surface area contributed by atoms with Gasteiger partial charge in [0, 0.05) is 23.8 Å². The van der Waals surface area contributed by atoms with E-state index < -0.39 is 0 Å². The first-order valence-electron chi connectivity index (χ1n) is 6.97. The summed E-state index contributed by atoms with van der Waals surface area (Å²) in [7, 11) is 0. The van der Waals surface area contributed by atoms with E-state index in [9.17, 15) is 0 Å². The van der Waals surface area contributed by atoms with Gasteiger partial charge in [0.05, 0.1) is 5.69 Å². The number of benzene rings is 1. The average molecular weight is 257 g/mol. The van der Waals surface area contributed by atoms with Crippen molar-refractivity contribution in [3.63, 3.8) is 0 Å². The van der Waals surface area contributed by atoms with Crippen LogP contribution >= 0.6 is 0 Å². The summed E-state index contributed by atoms with van der Waals surface area (Å²) >= 11 is 0. The first-order valence-corrected chi connectivity index (χ1v) is 6.97. The van der Waals surface area contributed by atoms with Crippen molar-refractivity contribution in [1.82, 2.24) is 9.78 Å². The minimum Gasteiger partial charge on any atom is -0.324 e. The van der Waals surface area contributed by atoms with Crippen LogP contribution in [0.25, 0.3) is 0 Å². The summed E-state index contributed by atoms with van der Waals surface area (Å²) in [4.78, 5) is 0. The normalized spacial score (nSPS) is 12.6. The fourth-order valence-corrected chi connectivity index (χ4v) is 2.55. The number of hydrogen-bond donors (Lipinski definition) is 1. The number of aromatic nitrogens is 2. The lowest BCUT2D eigenvalue weighted by molar-refractivity contribution is 0.591. The van der Waals surface area contributed by atoms with Crippen molar-refractivity contribution < 1.29 is 0 Å². The van der Waals surface area contributed by atoms with Gasteiger partial charge in [-0.2, -0.15) is 5.10 Å². The third kappa shape index (κ3) is 3.04. The molecule has 3 nitrogen and oxygen atoms in total. The fourth-order valence-electron chi connectivity index (χ4n) is 2.55. The van der Waals surface area contributed by atoms with E-state index in [1.807, 2.05) is 6.07 Å². The first-order chi connectivity index (χ1) is 9.13. The Kier molecular flexibility index (Phi) is 4.38. The summed E-state index contributed by atoms with van der Waals surface area (Å²) in [5.41, 5.74) is 11.0. The van der Waals surface area contributed by atoms with E-state index in [4.69, 9.17) is 5.73 Å². The van der Waals surface area contributed by atoms with E-state index in [1.165, 1.54) is 16.8 Å². The molecule has 1 unspecified atom stereocenters. The summed E-state index contributed by atoms with van der Waals surface area (Å²) in [6, 6.07) is 10.6. The predicted molar refractivity (Wildman–Crippen MR) is 79.1 cm³/mol. The highest BCUT2D eigenvalue weighted by Crippen LogP contribution is 2.22. The lowest BCUT2D eigenvalue weighted by Gasteiger charge is -2.10. The molecule has 1 atom stereocenters. The van der Waals surface area contributed by atoms with Gasteiger partial charge in [-0.3, -0.25) is 4.68 Å². The predicted octanol–water partition coefficient (Wildman–Crippen LogP) is 3.15. The summed E-state index contributed by atoms with van der Waals surface area (Å²) < 4.78 is 2.09. The van der Waals surface area contributed by atoms with Crippen LogP contribution in [-0.2, 0) is 13.0 Å². The number of hydrogen-bond acceptors (Lipinski definition) is 2. The molecule has 0 bridgehead atoms. The highest BCUT2D eigenvalue weighted by atomic mass is 15.3. The van der Waals surface area contributed by atoms with Crippen LogP contribution in [0, 0.1) is 13.8 Å². The molecule has 0 radical (unpaired) electrons. The molecular weight excluding hydrogens is 234 g/mol. The van der Waals surface area contributed by atoms with Crippen molar-refractivity contribution in [2.75, 3.05) is 0 Å². The lowest BCUT2D eigenvalue weighted by Crippen LogP contribution is -2.11. The van der Waals surface area contributed by atoms with Gasteiger partial charge in [-0.25, -0.2) is 0 Å². The fraction of sp³-hybridized carbons (Fsp3) is 0.438. The average Bonchev–Trinajstić information content (AvgIpc) is 2.71. The molecule has 1 heterocycles. The Morgan fingerprint density at radius 3 is 2.53 bits per heavy atom. The van der Waals surface area contributed by atoms with Crippen LogP contribution in [0.3, 0.4) is 0 Å². The molecular formula is C16H23N3. The van der Waals surface area contributed by atoms with Gasteiger partial charge in [-0.15, -0.1) is 0 Å². The molecule has 3 heteroatoms. The number of aryl methyl sites for hydroxylation is 3. The maximum absolute atomic E-state index is 6.16. The Bertz CT molecular complexity index is 528. The second kappa shape index (κ2) is 6.02. The van der Waals surface area contributed by atoms with E-state index in [0.717, 1.165) is 25.1 Å². The number of rotatable bonds is 5. The third-order valence-electron chi connectivity index (χ3n) is 3.70. The van der Waals surface area contributed by atoms with E-state index in [2.05, 4.69) is 54.8 Å². The van der Waals surface area contributed by atoms with Gasteiger partial charge in [0.15, 0.2) is 0 Å². The van der Waals surface area contributed by atoms with Crippen molar-refractivity contribution in [2.24, 2.45) is 5.73 Å². The van der Waals surface area contributed by atoms with Crippen molar-refractivity contribution in [1.29, 1.82) is 0 Å². The molecule has 1 aromatic carbocycles. The Labute approximate surface area is 115 Å². The standard InChI is InChI=1S/C16H23N3/c1-4-15(17)16-12(2)18-19(13(16)3)11-10-14-8-6-5-7-9-14/h5-9,15H,4,10-11,17H2,1-3H3. The van der Waals surface area contributed by atoms with Crippen LogP contribution in [0.15, 0.2) is 30.3 Å². The van der Waals surface area contributed by atoms with Gasteiger partial charge < -0.3 is 5.73 Å². The molecule has 2 N–H and O–H groups in total. The van der Waals surface area contributed by atoms with Crippen LogP contribution in [0.5, 0.6) is 0 Å². The van der Waals surface area contributed by atoms with Crippen LogP contribution in [0.1, 0.15) is 41.9 Å². The topological polar surface area (TPSA) is 43.8 Å². The van der Waals surface area contributed by atoms with Crippen LogP contribution in [0.4, 0.5) is 0 Å². The van der Waals surface area contributed by atoms with Crippen molar-refractivity contribution in [3.05, 3.63) is 52.8 Å². The molecule has 0 aliphatic carbocycles. The maximum Gasteiger partial charge on any atom is 0.0644 e. The number of nitrogens with two attached hydrogens (primary N) is 1. The minimum absolute atomic E-state index is 0.102. The Morgan fingerprint density at radius 1 is 1.21 bits per heavy atom. The Hall–Kier alpha value is -1.61. The molecule has 102 valence electrons. The van der Waals surface area contributed by atoms with E-state index in [-0.39, 0.29) is 6.04 Å². The summed E-state index contributed by atoms with van der Waals surface area (Å²) in [5, 5.41) is 4.63. The quantitative estimate of drug-likeness (QED) is 0.894. The maximum atomic E-state index is 6.16. The zero-order valence-corrected chi connectivity index (χ0v) is 12.1. The van der Waals surface area contributed by atoms with E-state index in [1.54, 1.807) is 0 Å². The van der Waals surface area contributed by atoms with Crippen molar-refractivity contribution in [3.8, 4) is 0 Å². The zero-order chi connectivity index (χ0) is 13.8. The summed E-state index contributed by atoms with van der Waals surface area (Å²) in [6.45, 7) is 7.20. The van der Waals surface area contributed by atoms with E-state index >= 15 is 0 Å². The van der Waals surface area contributed by atoms with Crippen LogP contribution in [-0.4, -0.2) is 9.78 Å². The van der Waals surface area contributed by atoms with Gasteiger partial charge in [0.25, 0.3) is 0 Å². The molecule has 0 saturated heterocycles. The van der Waals surface area contributed by atoms with E-state index in [0.29, 0.717) is 0 Å². The SMILES string of the molecule is CCC(N)c1c(C)nn(CCc2ccccc2)c1C. The van der Waals surface area contributed by atoms with Crippen LogP contribution < -0.4 is 5.73 Å². The molecule has 0 saturated carbocycles. The molecule has 0 fully saturated rings. The molecule has 1 aromatic heterocycles. The van der Waals surface area contributed by atoms with Gasteiger partial charge in [0.2, 0.25) is 0 Å². The number of nitrogens with zero attached hydrogens (tertiary/aromatic N) is 2. The molecule has 2 rings (SSSR count). The Morgan fingerprint density at radius 2 is 1.89 bits per heavy atom. The highest BCUT2D eigenvalue weighted by molar-refractivity contribution is 5.28. The molecule has 0 amide bonds. The molecule has 2 aromatic rings. The molecule has 19 heavy (non-hydrogen) atoms. The van der Waals surface area contributed by atoms with Gasteiger partial charge in [-0.05, 0) is 32.3 Å². The smallest absolute Gasteiger partial charge is 0.0644 e. The molecule has 0 aliphatic heterocycles. The summed E-state index contributed by atoms with van der Waals surface area (Å²) in [6.07, 6.45) is 1.95. The largest absolute Gasteiger partial charge is 0.324 e. The van der Waals surface area contributed by atoms with Gasteiger partial charge in [0.1, 0.15) is 0 Å². The third-order valence-corrected chi connectivity index (χ3v) is 3.70. The lowest BCUT2D eigenvalue weighted by atomic mass is 10.0. The van der Waals surface area contributed by atoms with Gasteiger partial charge in [-0.1, -0.05) is 37.3 Å². The molecule has 0 spiro atoms. The second-order valence-corrected chi connectivity index (χ2v) is 5.06. The zero-order valence-electron chi connectivity index (χ0n) is 12.1. The van der Waals surface area contributed by atoms with Gasteiger partial charge >= 0.3 is 0 Å².